The quantitative estimate of drug-likeness (QED) is 0.473. The van der Waals surface area contributed by atoms with Gasteiger partial charge >= 0.3 is 0 Å². The van der Waals surface area contributed by atoms with Crippen LogP contribution in [-0.2, 0) is 17.7 Å². The predicted octanol–water partition coefficient (Wildman–Crippen LogP) is 4.27. The van der Waals surface area contributed by atoms with Crippen molar-refractivity contribution >= 4 is 16.9 Å². The second kappa shape index (κ2) is 9.79. The van der Waals surface area contributed by atoms with Crippen LogP contribution in [0.5, 0.6) is 0 Å². The lowest BCUT2D eigenvalue weighted by molar-refractivity contribution is 0.0126. The third-order valence-corrected chi connectivity index (χ3v) is 6.48. The topological polar surface area (TPSA) is 59.4 Å². The normalized spacial score (nSPS) is 14.4. The van der Waals surface area contributed by atoms with Gasteiger partial charge in [-0.05, 0) is 60.4 Å². The molecule has 5 rings (SSSR count). The standard InChI is InChI=1S/C28H30N4O2/c1-20-16-25-26(17-21(20)2)32(27(29-25)18-22-6-4-3-5-7-22)19-23-8-10-24(11-9-23)28(33)30-31-12-14-34-15-13-31/h3-11,16-17H,12-15,18-19H2,1-2H3,(H,30,33). The first-order valence-corrected chi connectivity index (χ1v) is 11.8. The van der Waals surface area contributed by atoms with Gasteiger partial charge in [0.05, 0.1) is 24.2 Å². The zero-order valence-electron chi connectivity index (χ0n) is 19.8. The lowest BCUT2D eigenvalue weighted by Gasteiger charge is -2.26. The van der Waals surface area contributed by atoms with Crippen molar-refractivity contribution in [3.05, 3.63) is 100 Å². The second-order valence-corrected chi connectivity index (χ2v) is 8.94. The van der Waals surface area contributed by atoms with E-state index in [9.17, 15) is 4.79 Å². The molecule has 6 heteroatoms. The second-order valence-electron chi connectivity index (χ2n) is 8.94. The fraction of sp³-hybridized carbons (Fsp3) is 0.286. The Kier molecular flexibility index (Phi) is 6.43. The summed E-state index contributed by atoms with van der Waals surface area (Å²) in [6, 6.07) is 22.7. The first-order valence-electron chi connectivity index (χ1n) is 11.8. The van der Waals surface area contributed by atoms with Crippen molar-refractivity contribution in [2.24, 2.45) is 0 Å². The Morgan fingerprint density at radius 1 is 0.941 bits per heavy atom. The summed E-state index contributed by atoms with van der Waals surface area (Å²) in [5.74, 6) is 0.956. The van der Waals surface area contributed by atoms with E-state index < -0.39 is 0 Å². The predicted molar refractivity (Wildman–Crippen MR) is 134 cm³/mol. The maximum absolute atomic E-state index is 12.6. The first-order chi connectivity index (χ1) is 16.6. The Morgan fingerprint density at radius 3 is 2.38 bits per heavy atom. The van der Waals surface area contributed by atoms with E-state index in [2.05, 4.69) is 60.2 Å². The molecule has 1 aliphatic heterocycles. The molecule has 1 saturated heterocycles. The van der Waals surface area contributed by atoms with E-state index >= 15 is 0 Å². The minimum absolute atomic E-state index is 0.0857. The largest absolute Gasteiger partial charge is 0.379 e. The van der Waals surface area contributed by atoms with Crippen LogP contribution < -0.4 is 5.43 Å². The first kappa shape index (κ1) is 22.3. The number of carbonyl (C=O) groups excluding carboxylic acids is 1. The molecule has 2 heterocycles. The maximum Gasteiger partial charge on any atom is 0.265 e. The number of rotatable bonds is 6. The molecule has 0 unspecified atom stereocenters. The van der Waals surface area contributed by atoms with Crippen molar-refractivity contribution in [2.75, 3.05) is 26.3 Å². The molecule has 0 atom stereocenters. The molecule has 1 aromatic heterocycles. The van der Waals surface area contributed by atoms with Crippen LogP contribution >= 0.6 is 0 Å². The molecule has 3 aromatic carbocycles. The minimum Gasteiger partial charge on any atom is -0.379 e. The van der Waals surface area contributed by atoms with Crippen molar-refractivity contribution in [2.45, 2.75) is 26.8 Å². The van der Waals surface area contributed by atoms with Crippen molar-refractivity contribution in [1.29, 1.82) is 0 Å². The summed E-state index contributed by atoms with van der Waals surface area (Å²) in [5, 5.41) is 1.91. The molecule has 0 radical (unpaired) electrons. The van der Waals surface area contributed by atoms with Gasteiger partial charge in [-0.3, -0.25) is 10.2 Å². The smallest absolute Gasteiger partial charge is 0.265 e. The number of fused-ring (bicyclic) bond motifs is 1. The molecule has 1 amide bonds. The molecule has 174 valence electrons. The van der Waals surface area contributed by atoms with E-state index in [4.69, 9.17) is 9.72 Å². The van der Waals surface area contributed by atoms with Crippen LogP contribution in [0.4, 0.5) is 0 Å². The molecule has 0 spiro atoms. The number of hydrogen-bond donors (Lipinski definition) is 1. The number of aromatic nitrogens is 2. The van der Waals surface area contributed by atoms with Gasteiger partial charge in [-0.25, -0.2) is 9.99 Å². The monoisotopic (exact) mass is 454 g/mol. The molecule has 34 heavy (non-hydrogen) atoms. The number of carbonyl (C=O) groups is 1. The number of ether oxygens (including phenoxy) is 1. The summed E-state index contributed by atoms with van der Waals surface area (Å²) in [7, 11) is 0. The average Bonchev–Trinajstić information content (AvgIpc) is 3.16. The van der Waals surface area contributed by atoms with Gasteiger partial charge < -0.3 is 9.30 Å². The van der Waals surface area contributed by atoms with Gasteiger partial charge in [-0.15, -0.1) is 0 Å². The molecule has 1 N–H and O–H groups in total. The van der Waals surface area contributed by atoms with E-state index in [-0.39, 0.29) is 5.91 Å². The summed E-state index contributed by atoms with van der Waals surface area (Å²) in [4.78, 5) is 17.6. The zero-order valence-corrected chi connectivity index (χ0v) is 19.8. The van der Waals surface area contributed by atoms with Crippen molar-refractivity contribution in [1.82, 2.24) is 20.0 Å². The molecular weight excluding hydrogens is 424 g/mol. The Hall–Kier alpha value is -3.48. The van der Waals surface area contributed by atoms with Crippen LogP contribution in [0.2, 0.25) is 0 Å². The van der Waals surface area contributed by atoms with Crippen LogP contribution in [0.1, 0.15) is 38.4 Å². The van der Waals surface area contributed by atoms with E-state index in [0.29, 0.717) is 38.4 Å². The molecule has 1 fully saturated rings. The van der Waals surface area contributed by atoms with Gasteiger partial charge in [0.15, 0.2) is 0 Å². The highest BCUT2D eigenvalue weighted by atomic mass is 16.5. The summed E-state index contributed by atoms with van der Waals surface area (Å²) >= 11 is 0. The summed E-state index contributed by atoms with van der Waals surface area (Å²) in [6.45, 7) is 7.68. The molecular formula is C28H30N4O2. The molecule has 0 bridgehead atoms. The fourth-order valence-corrected chi connectivity index (χ4v) is 4.35. The Labute approximate surface area is 200 Å². The van der Waals surface area contributed by atoms with Gasteiger partial charge in [0, 0.05) is 31.6 Å². The van der Waals surface area contributed by atoms with Gasteiger partial charge in [0.2, 0.25) is 0 Å². The number of aryl methyl sites for hydroxylation is 2. The van der Waals surface area contributed by atoms with E-state index in [1.807, 2.05) is 35.3 Å². The number of hydrazine groups is 1. The number of amides is 1. The number of nitrogens with zero attached hydrogens (tertiary/aromatic N) is 3. The van der Waals surface area contributed by atoms with Crippen molar-refractivity contribution in [3.8, 4) is 0 Å². The Bertz CT molecular complexity index is 1290. The van der Waals surface area contributed by atoms with Crippen LogP contribution in [0.3, 0.4) is 0 Å². The van der Waals surface area contributed by atoms with Crippen LogP contribution in [-0.4, -0.2) is 46.8 Å². The third-order valence-electron chi connectivity index (χ3n) is 6.48. The highest BCUT2D eigenvalue weighted by molar-refractivity contribution is 5.93. The molecule has 0 aliphatic carbocycles. The molecule has 4 aromatic rings. The maximum atomic E-state index is 12.6. The lowest BCUT2D eigenvalue weighted by Crippen LogP contribution is -2.48. The summed E-state index contributed by atoms with van der Waals surface area (Å²) in [5.41, 5.74) is 10.7. The van der Waals surface area contributed by atoms with Gasteiger partial charge in [-0.2, -0.15) is 0 Å². The van der Waals surface area contributed by atoms with Crippen LogP contribution in [0.25, 0.3) is 11.0 Å². The Morgan fingerprint density at radius 2 is 1.65 bits per heavy atom. The average molecular weight is 455 g/mol. The van der Waals surface area contributed by atoms with Crippen LogP contribution in [0, 0.1) is 13.8 Å². The summed E-state index contributed by atoms with van der Waals surface area (Å²) in [6.07, 6.45) is 0.771. The molecule has 1 aliphatic rings. The van der Waals surface area contributed by atoms with Gasteiger partial charge in [0.25, 0.3) is 5.91 Å². The van der Waals surface area contributed by atoms with E-state index in [1.54, 1.807) is 0 Å². The highest BCUT2D eigenvalue weighted by Gasteiger charge is 2.16. The SMILES string of the molecule is Cc1cc2nc(Cc3ccccc3)n(Cc3ccc(C(=O)NN4CCOCC4)cc3)c2cc1C. The minimum atomic E-state index is -0.0857. The number of benzene rings is 3. The highest BCUT2D eigenvalue weighted by Crippen LogP contribution is 2.24. The van der Waals surface area contributed by atoms with Gasteiger partial charge in [0.1, 0.15) is 5.82 Å². The molecule has 6 nitrogen and oxygen atoms in total. The fourth-order valence-electron chi connectivity index (χ4n) is 4.35. The third kappa shape index (κ3) is 4.88. The zero-order chi connectivity index (χ0) is 23.5. The number of nitrogens with one attached hydrogen (secondary N) is 1. The number of imidazole rings is 1. The van der Waals surface area contributed by atoms with E-state index in [1.165, 1.54) is 16.7 Å². The molecule has 0 saturated carbocycles. The number of hydrogen-bond acceptors (Lipinski definition) is 4. The van der Waals surface area contributed by atoms with Crippen LogP contribution in [0.15, 0.2) is 66.7 Å². The lowest BCUT2D eigenvalue weighted by atomic mass is 10.1. The summed E-state index contributed by atoms with van der Waals surface area (Å²) < 4.78 is 7.65. The number of morpholine rings is 1. The van der Waals surface area contributed by atoms with Gasteiger partial charge in [-0.1, -0.05) is 42.5 Å². The van der Waals surface area contributed by atoms with Crippen molar-refractivity contribution in [3.63, 3.8) is 0 Å². The Balaban J connectivity index is 1.40. The van der Waals surface area contributed by atoms with Crippen molar-refractivity contribution < 1.29 is 9.53 Å². The van der Waals surface area contributed by atoms with E-state index in [0.717, 1.165) is 28.8 Å².